The number of oxime groups is 1. The fourth-order valence-electron chi connectivity index (χ4n) is 11.3. The maximum Gasteiger partial charge on any atom is 0.412 e. The van der Waals surface area contributed by atoms with E-state index in [9.17, 15) is 15.0 Å². The first-order chi connectivity index (χ1) is 34.8. The molecule has 2 heterocycles. The lowest BCUT2D eigenvalue weighted by Gasteiger charge is -2.60. The van der Waals surface area contributed by atoms with Crippen molar-refractivity contribution < 1.29 is 48.3 Å². The quantitative estimate of drug-likeness (QED) is 0.0334. The Morgan fingerprint density at radius 1 is 0.831 bits per heavy atom. The first-order valence-electron chi connectivity index (χ1n) is 26.8. The topological polar surface area (TPSA) is 158 Å². The third kappa shape index (κ3) is 13.6. The molecule has 13 heteroatoms. The summed E-state index contributed by atoms with van der Waals surface area (Å²) in [5.41, 5.74) is 3.90. The SMILES string of the molecule is C=CCOC12Oc3ccc(OC(=O)NCCCCCCCCCCCC)cc3C3C(CCCCO)C(CCCCO)C=C(C(=NOCc4ccccc4)CC1N(CCC)C(=O)c1ccc4c(c1)OCO4)C32. The molecule has 1 fully saturated rings. The number of ether oxygens (including phenoxy) is 5. The summed E-state index contributed by atoms with van der Waals surface area (Å²) in [7, 11) is 0. The van der Waals surface area contributed by atoms with Crippen LogP contribution in [0.3, 0.4) is 0 Å². The van der Waals surface area contributed by atoms with Gasteiger partial charge in [-0.25, -0.2) is 4.79 Å². The van der Waals surface area contributed by atoms with Crippen LogP contribution >= 0.6 is 0 Å². The van der Waals surface area contributed by atoms with Crippen molar-refractivity contribution in [3.63, 3.8) is 0 Å². The monoisotopic (exact) mass is 978 g/mol. The molecule has 3 aromatic rings. The predicted octanol–water partition coefficient (Wildman–Crippen LogP) is 11.8. The van der Waals surface area contributed by atoms with Gasteiger partial charge in [-0.3, -0.25) is 4.79 Å². The molecule has 2 amide bonds. The number of allylic oxidation sites excluding steroid dienone is 1. The number of carbonyl (C=O) groups excluding carboxylic acids is 2. The number of aliphatic hydroxyl groups excluding tert-OH is 2. The minimum Gasteiger partial charge on any atom is -0.459 e. The predicted molar refractivity (Wildman–Crippen MR) is 276 cm³/mol. The number of carbonyl (C=O) groups is 2. The third-order valence-electron chi connectivity index (χ3n) is 14.6. The number of fused-ring (bicyclic) bond motifs is 3. The molecule has 2 aliphatic carbocycles. The molecule has 4 aliphatic rings. The molecule has 71 heavy (non-hydrogen) atoms. The van der Waals surface area contributed by atoms with Crippen molar-refractivity contribution in [1.82, 2.24) is 10.2 Å². The number of benzene rings is 3. The summed E-state index contributed by atoms with van der Waals surface area (Å²) >= 11 is 0. The van der Waals surface area contributed by atoms with Gasteiger partial charge in [0.1, 0.15) is 24.1 Å². The molecule has 3 N–H and O–H groups in total. The molecule has 0 saturated heterocycles. The Labute approximate surface area is 421 Å². The second-order valence-electron chi connectivity index (χ2n) is 19.6. The van der Waals surface area contributed by atoms with Gasteiger partial charge in [-0.05, 0) is 97.9 Å². The van der Waals surface area contributed by atoms with E-state index in [-0.39, 0.29) is 63.3 Å². The molecule has 1 saturated carbocycles. The fraction of sp³-hybridized carbons (Fsp3) is 0.569. The fourth-order valence-corrected chi connectivity index (χ4v) is 11.3. The summed E-state index contributed by atoms with van der Waals surface area (Å²) in [6, 6.07) is 20.0. The van der Waals surface area contributed by atoms with Gasteiger partial charge in [0.15, 0.2) is 11.5 Å². The van der Waals surface area contributed by atoms with Crippen molar-refractivity contribution in [2.24, 2.45) is 22.9 Å². The zero-order chi connectivity index (χ0) is 49.8. The highest BCUT2D eigenvalue weighted by atomic mass is 16.7. The normalized spacial score (nSPS) is 22.2. The van der Waals surface area contributed by atoms with E-state index in [1.807, 2.05) is 54.3 Å². The summed E-state index contributed by atoms with van der Waals surface area (Å²) < 4.78 is 32.0. The second-order valence-corrected chi connectivity index (χ2v) is 19.6. The Morgan fingerprint density at radius 2 is 1.55 bits per heavy atom. The zero-order valence-corrected chi connectivity index (χ0v) is 42.3. The molecule has 7 rings (SSSR count). The van der Waals surface area contributed by atoms with Gasteiger partial charge in [0.2, 0.25) is 12.6 Å². The van der Waals surface area contributed by atoms with E-state index in [1.165, 1.54) is 44.9 Å². The Balaban J connectivity index is 1.27. The molecule has 6 unspecified atom stereocenters. The van der Waals surface area contributed by atoms with Crippen LogP contribution in [0.5, 0.6) is 23.0 Å². The molecule has 0 radical (unpaired) electrons. The molecule has 2 aliphatic heterocycles. The molecule has 0 aromatic heterocycles. The Kier molecular flexibility index (Phi) is 20.7. The van der Waals surface area contributed by atoms with E-state index in [0.29, 0.717) is 66.6 Å². The Hall–Kier alpha value is -5.37. The molecular formula is C58H79N3O10. The number of hydrogen-bond acceptors (Lipinski definition) is 11. The van der Waals surface area contributed by atoms with E-state index >= 15 is 4.79 Å². The maximum absolute atomic E-state index is 15.2. The molecule has 13 nitrogen and oxygen atoms in total. The summed E-state index contributed by atoms with van der Waals surface area (Å²) in [6.07, 6.45) is 21.0. The van der Waals surface area contributed by atoms with E-state index in [0.717, 1.165) is 61.6 Å². The number of nitrogens with zero attached hydrogens (tertiary/aromatic N) is 2. The first-order valence-corrected chi connectivity index (χ1v) is 26.8. The second kappa shape index (κ2) is 27.5. The number of nitrogens with one attached hydrogen (secondary N) is 1. The van der Waals surface area contributed by atoms with Gasteiger partial charge in [-0.1, -0.05) is 132 Å². The highest BCUT2D eigenvalue weighted by Crippen LogP contribution is 2.62. The van der Waals surface area contributed by atoms with Crippen molar-refractivity contribution in [3.8, 4) is 23.0 Å². The number of rotatable bonds is 30. The third-order valence-corrected chi connectivity index (χ3v) is 14.6. The molecule has 0 spiro atoms. The van der Waals surface area contributed by atoms with Gasteiger partial charge < -0.3 is 49.0 Å². The van der Waals surface area contributed by atoms with Crippen LogP contribution in [0.4, 0.5) is 4.79 Å². The summed E-state index contributed by atoms with van der Waals surface area (Å²) in [4.78, 5) is 36.8. The van der Waals surface area contributed by atoms with Crippen LogP contribution < -0.4 is 24.3 Å². The average Bonchev–Trinajstić information content (AvgIpc) is 3.86. The summed E-state index contributed by atoms with van der Waals surface area (Å²) in [5, 5.41) is 28.0. The van der Waals surface area contributed by atoms with Crippen molar-refractivity contribution in [3.05, 3.63) is 108 Å². The maximum atomic E-state index is 15.2. The lowest BCUT2D eigenvalue weighted by atomic mass is 9.55. The number of unbranched alkanes of at least 4 members (excludes halogenated alkanes) is 11. The van der Waals surface area contributed by atoms with Crippen molar-refractivity contribution in [2.75, 3.05) is 39.7 Å². The van der Waals surface area contributed by atoms with Crippen LogP contribution in [0.1, 0.15) is 157 Å². The van der Waals surface area contributed by atoms with Gasteiger partial charge >= 0.3 is 6.09 Å². The lowest BCUT2D eigenvalue weighted by molar-refractivity contribution is -0.254. The van der Waals surface area contributed by atoms with Crippen LogP contribution in [0, 0.1) is 17.8 Å². The Morgan fingerprint density at radius 3 is 2.28 bits per heavy atom. The van der Waals surface area contributed by atoms with Crippen LogP contribution in [-0.4, -0.2) is 84.4 Å². The number of aliphatic hydroxyl groups is 2. The molecule has 386 valence electrons. The largest absolute Gasteiger partial charge is 0.459 e. The van der Waals surface area contributed by atoms with Crippen LogP contribution in [-0.2, 0) is 16.2 Å². The highest BCUT2D eigenvalue weighted by Gasteiger charge is 2.65. The molecule has 0 bridgehead atoms. The molecular weight excluding hydrogens is 899 g/mol. The number of hydrogen-bond donors (Lipinski definition) is 3. The highest BCUT2D eigenvalue weighted by molar-refractivity contribution is 6.03. The van der Waals surface area contributed by atoms with E-state index in [1.54, 1.807) is 30.3 Å². The van der Waals surface area contributed by atoms with E-state index in [4.69, 9.17) is 33.7 Å². The molecule has 3 aromatic carbocycles. The summed E-state index contributed by atoms with van der Waals surface area (Å²) in [5.74, 6) is -0.377. The first kappa shape index (κ1) is 53.4. The number of amides is 2. The van der Waals surface area contributed by atoms with Gasteiger partial charge in [-0.15, -0.1) is 6.58 Å². The Bertz CT molecular complexity index is 2230. The smallest absolute Gasteiger partial charge is 0.412 e. The average molecular weight is 978 g/mol. The summed E-state index contributed by atoms with van der Waals surface area (Å²) in [6.45, 7) is 9.90. The van der Waals surface area contributed by atoms with Crippen molar-refractivity contribution in [1.29, 1.82) is 0 Å². The lowest BCUT2D eigenvalue weighted by Crippen LogP contribution is -2.70. The zero-order valence-electron chi connectivity index (χ0n) is 42.3. The van der Waals surface area contributed by atoms with Gasteiger partial charge in [0.25, 0.3) is 5.91 Å². The van der Waals surface area contributed by atoms with Crippen LogP contribution in [0.25, 0.3) is 0 Å². The van der Waals surface area contributed by atoms with Crippen LogP contribution in [0.15, 0.2) is 96.2 Å². The van der Waals surface area contributed by atoms with Gasteiger partial charge in [0.05, 0.1) is 18.2 Å². The van der Waals surface area contributed by atoms with Gasteiger partial charge in [0, 0.05) is 49.8 Å². The van der Waals surface area contributed by atoms with Crippen molar-refractivity contribution >= 4 is 17.7 Å². The minimum atomic E-state index is -1.45. The standard InChI is InChI=1S/C58H79N3O10/c1-4-7-8-9-10-11-12-13-14-20-31-59-57(65)70-45-28-30-50-48(38-45)54-46(26-19-22-34-63)43(25-18-21-33-62)36-47-49(60-69-40-42-23-16-15-17-24-42)39-53(58(71-50,55(47)54)68-35-6-3)61(32-5-2)56(64)44-27-29-51-52(37-44)67-41-66-51/h6,15-17,23-24,27-30,36-38,43,46,53-55,62-63H,3-5,7-14,18-22,25-26,31-35,39-41H2,1-2H3,(H,59,65). The minimum absolute atomic E-state index is 0.00168. The van der Waals surface area contributed by atoms with Crippen molar-refractivity contribution in [2.45, 2.75) is 154 Å². The molecule has 6 atom stereocenters. The van der Waals surface area contributed by atoms with E-state index < -0.39 is 23.8 Å². The van der Waals surface area contributed by atoms with Crippen LogP contribution in [0.2, 0.25) is 0 Å². The van der Waals surface area contributed by atoms with E-state index in [2.05, 4.69) is 24.9 Å². The van der Waals surface area contributed by atoms with Gasteiger partial charge in [-0.2, -0.15) is 0 Å².